The third-order valence-electron chi connectivity index (χ3n) is 3.02. The molecule has 1 aromatic rings. The second kappa shape index (κ2) is 5.16. The summed E-state index contributed by atoms with van der Waals surface area (Å²) in [6, 6.07) is 3.41. The summed E-state index contributed by atoms with van der Waals surface area (Å²) in [5.41, 5.74) is 0. The van der Waals surface area contributed by atoms with Crippen molar-refractivity contribution in [1.29, 1.82) is 0 Å². The molecule has 0 spiro atoms. The SMILES string of the molecule is CN1CCCC(CNC(=O)c2ccco2)C1. The van der Waals surface area contributed by atoms with Gasteiger partial charge < -0.3 is 14.6 Å². The zero-order valence-corrected chi connectivity index (χ0v) is 9.61. The van der Waals surface area contributed by atoms with Crippen LogP contribution >= 0.6 is 0 Å². The van der Waals surface area contributed by atoms with E-state index in [1.807, 2.05) is 0 Å². The summed E-state index contributed by atoms with van der Waals surface area (Å²) in [5, 5.41) is 2.92. The van der Waals surface area contributed by atoms with Crippen LogP contribution in [0.1, 0.15) is 23.4 Å². The van der Waals surface area contributed by atoms with Gasteiger partial charge in [0.05, 0.1) is 6.26 Å². The van der Waals surface area contributed by atoms with Crippen LogP contribution in [0, 0.1) is 5.92 Å². The predicted molar refractivity (Wildman–Crippen MR) is 61.3 cm³/mol. The van der Waals surface area contributed by atoms with Crippen molar-refractivity contribution < 1.29 is 9.21 Å². The number of likely N-dealkylation sites (tertiary alicyclic amines) is 1. The Labute approximate surface area is 95.6 Å². The highest BCUT2D eigenvalue weighted by Crippen LogP contribution is 2.14. The Morgan fingerprint density at radius 1 is 1.69 bits per heavy atom. The third-order valence-corrected chi connectivity index (χ3v) is 3.02. The smallest absolute Gasteiger partial charge is 0.286 e. The molecule has 0 aliphatic carbocycles. The van der Waals surface area contributed by atoms with E-state index in [9.17, 15) is 4.79 Å². The van der Waals surface area contributed by atoms with Gasteiger partial charge in [0.1, 0.15) is 0 Å². The zero-order valence-electron chi connectivity index (χ0n) is 9.61. The van der Waals surface area contributed by atoms with E-state index in [0.717, 1.165) is 13.1 Å². The first-order chi connectivity index (χ1) is 7.75. The van der Waals surface area contributed by atoms with Gasteiger partial charge in [-0.2, -0.15) is 0 Å². The van der Waals surface area contributed by atoms with Crippen molar-refractivity contribution in [3.63, 3.8) is 0 Å². The Balaban J connectivity index is 1.77. The fourth-order valence-corrected chi connectivity index (χ4v) is 2.17. The minimum Gasteiger partial charge on any atom is -0.459 e. The van der Waals surface area contributed by atoms with Crippen molar-refractivity contribution in [3.8, 4) is 0 Å². The largest absolute Gasteiger partial charge is 0.459 e. The summed E-state index contributed by atoms with van der Waals surface area (Å²) >= 11 is 0. The summed E-state index contributed by atoms with van der Waals surface area (Å²) < 4.78 is 5.03. The number of nitrogens with one attached hydrogen (secondary N) is 1. The number of amides is 1. The predicted octanol–water partition coefficient (Wildman–Crippen LogP) is 1.35. The lowest BCUT2D eigenvalue weighted by Crippen LogP contribution is -2.39. The van der Waals surface area contributed by atoms with Gasteiger partial charge in [-0.15, -0.1) is 0 Å². The molecule has 1 aliphatic heterocycles. The molecule has 1 aromatic heterocycles. The fraction of sp³-hybridized carbons (Fsp3) is 0.583. The van der Waals surface area contributed by atoms with Crippen LogP contribution < -0.4 is 5.32 Å². The third kappa shape index (κ3) is 2.85. The Morgan fingerprint density at radius 3 is 3.25 bits per heavy atom. The number of carbonyl (C=O) groups is 1. The average molecular weight is 222 g/mol. The van der Waals surface area contributed by atoms with Gasteiger partial charge in [-0.25, -0.2) is 0 Å². The van der Waals surface area contributed by atoms with Gasteiger partial charge in [0.2, 0.25) is 0 Å². The van der Waals surface area contributed by atoms with Crippen LogP contribution in [-0.4, -0.2) is 37.5 Å². The van der Waals surface area contributed by atoms with E-state index in [4.69, 9.17) is 4.42 Å². The lowest BCUT2D eigenvalue weighted by atomic mass is 9.98. The normalized spacial score (nSPS) is 21.9. The first kappa shape index (κ1) is 11.2. The number of piperidine rings is 1. The van der Waals surface area contributed by atoms with Gasteiger partial charge in [-0.1, -0.05) is 0 Å². The number of carbonyl (C=O) groups excluding carboxylic acids is 1. The number of hydrogen-bond acceptors (Lipinski definition) is 3. The van der Waals surface area contributed by atoms with Crippen molar-refractivity contribution in [2.24, 2.45) is 5.92 Å². The molecule has 1 atom stereocenters. The summed E-state index contributed by atoms with van der Waals surface area (Å²) in [4.78, 5) is 13.9. The van der Waals surface area contributed by atoms with Crippen molar-refractivity contribution in [2.75, 3.05) is 26.7 Å². The second-order valence-corrected chi connectivity index (χ2v) is 4.46. The van der Waals surface area contributed by atoms with E-state index in [0.29, 0.717) is 11.7 Å². The van der Waals surface area contributed by atoms with Crippen molar-refractivity contribution in [3.05, 3.63) is 24.2 Å². The van der Waals surface area contributed by atoms with Crippen molar-refractivity contribution in [1.82, 2.24) is 10.2 Å². The molecule has 0 aromatic carbocycles. The van der Waals surface area contributed by atoms with Crippen LogP contribution in [-0.2, 0) is 0 Å². The van der Waals surface area contributed by atoms with Gasteiger partial charge in [-0.05, 0) is 44.5 Å². The number of hydrogen-bond donors (Lipinski definition) is 1. The molecule has 1 fully saturated rings. The highest BCUT2D eigenvalue weighted by Gasteiger charge is 2.18. The fourth-order valence-electron chi connectivity index (χ4n) is 2.17. The van der Waals surface area contributed by atoms with Gasteiger partial charge in [0, 0.05) is 13.1 Å². The molecule has 1 unspecified atom stereocenters. The second-order valence-electron chi connectivity index (χ2n) is 4.46. The summed E-state index contributed by atoms with van der Waals surface area (Å²) in [7, 11) is 2.13. The molecule has 4 nitrogen and oxygen atoms in total. The highest BCUT2D eigenvalue weighted by atomic mass is 16.3. The maximum absolute atomic E-state index is 11.6. The lowest BCUT2D eigenvalue weighted by molar-refractivity contribution is 0.0909. The zero-order chi connectivity index (χ0) is 11.4. The van der Waals surface area contributed by atoms with Crippen LogP contribution in [0.15, 0.2) is 22.8 Å². The number of furan rings is 1. The molecule has 1 aliphatic rings. The maximum atomic E-state index is 11.6. The molecule has 2 heterocycles. The molecule has 1 N–H and O–H groups in total. The van der Waals surface area contributed by atoms with E-state index in [2.05, 4.69) is 17.3 Å². The molecule has 0 radical (unpaired) electrons. The van der Waals surface area contributed by atoms with Crippen LogP contribution in [0.3, 0.4) is 0 Å². The molecule has 1 amide bonds. The van der Waals surface area contributed by atoms with Crippen LogP contribution in [0.25, 0.3) is 0 Å². The molecule has 88 valence electrons. The van der Waals surface area contributed by atoms with Gasteiger partial charge in [-0.3, -0.25) is 4.79 Å². The van der Waals surface area contributed by atoms with Crippen molar-refractivity contribution in [2.45, 2.75) is 12.8 Å². The highest BCUT2D eigenvalue weighted by molar-refractivity contribution is 5.91. The quantitative estimate of drug-likeness (QED) is 0.839. The van der Waals surface area contributed by atoms with E-state index >= 15 is 0 Å². The van der Waals surface area contributed by atoms with Gasteiger partial charge in [0.25, 0.3) is 5.91 Å². The Morgan fingerprint density at radius 2 is 2.56 bits per heavy atom. The van der Waals surface area contributed by atoms with Crippen molar-refractivity contribution >= 4 is 5.91 Å². The van der Waals surface area contributed by atoms with E-state index < -0.39 is 0 Å². The molecule has 0 saturated carbocycles. The Bertz CT molecular complexity index is 335. The van der Waals surface area contributed by atoms with E-state index in [-0.39, 0.29) is 5.91 Å². The number of rotatable bonds is 3. The van der Waals surface area contributed by atoms with E-state index in [1.165, 1.54) is 25.6 Å². The molecular weight excluding hydrogens is 204 g/mol. The molecule has 0 bridgehead atoms. The molecule has 16 heavy (non-hydrogen) atoms. The molecule has 1 saturated heterocycles. The summed E-state index contributed by atoms with van der Waals surface area (Å²) in [6.07, 6.45) is 3.93. The minimum absolute atomic E-state index is 0.113. The van der Waals surface area contributed by atoms with Crippen LogP contribution in [0.4, 0.5) is 0 Å². The summed E-state index contributed by atoms with van der Waals surface area (Å²) in [6.45, 7) is 2.98. The Kier molecular flexibility index (Phi) is 3.62. The average Bonchev–Trinajstić information content (AvgIpc) is 2.79. The standard InChI is InChI=1S/C12H18N2O2/c1-14-6-2-4-10(9-14)8-13-12(15)11-5-3-7-16-11/h3,5,7,10H,2,4,6,8-9H2,1H3,(H,13,15). The Hall–Kier alpha value is -1.29. The monoisotopic (exact) mass is 222 g/mol. The van der Waals surface area contributed by atoms with Gasteiger partial charge >= 0.3 is 0 Å². The first-order valence-corrected chi connectivity index (χ1v) is 5.76. The maximum Gasteiger partial charge on any atom is 0.286 e. The first-order valence-electron chi connectivity index (χ1n) is 5.76. The van der Waals surface area contributed by atoms with E-state index in [1.54, 1.807) is 12.1 Å². The lowest BCUT2D eigenvalue weighted by Gasteiger charge is -2.29. The molecular formula is C12H18N2O2. The molecule has 2 rings (SSSR count). The molecule has 4 heteroatoms. The topological polar surface area (TPSA) is 45.5 Å². The summed E-state index contributed by atoms with van der Waals surface area (Å²) in [5.74, 6) is 0.847. The van der Waals surface area contributed by atoms with Gasteiger partial charge in [0.15, 0.2) is 5.76 Å². The van der Waals surface area contributed by atoms with Crippen LogP contribution in [0.5, 0.6) is 0 Å². The van der Waals surface area contributed by atoms with Crippen LogP contribution in [0.2, 0.25) is 0 Å². The minimum atomic E-state index is -0.113. The number of nitrogens with zero attached hydrogens (tertiary/aromatic N) is 1.